The maximum atomic E-state index is 14.3. The number of alkyl halides is 4. The average molecular weight is 482 g/mol. The summed E-state index contributed by atoms with van der Waals surface area (Å²) in [5.74, 6) is 0.297. The fourth-order valence-electron chi connectivity index (χ4n) is 4.16. The molecule has 184 valence electrons. The van der Waals surface area contributed by atoms with Crippen LogP contribution in [0.5, 0.6) is 0 Å². The van der Waals surface area contributed by atoms with E-state index in [4.69, 9.17) is 4.74 Å². The van der Waals surface area contributed by atoms with Gasteiger partial charge in [-0.15, -0.1) is 0 Å². The lowest BCUT2D eigenvalue weighted by Crippen LogP contribution is -2.46. The summed E-state index contributed by atoms with van der Waals surface area (Å²) >= 11 is 0. The predicted octanol–water partition coefficient (Wildman–Crippen LogP) is 3.55. The molecule has 1 saturated heterocycles. The van der Waals surface area contributed by atoms with Crippen molar-refractivity contribution in [2.24, 2.45) is 0 Å². The van der Waals surface area contributed by atoms with Crippen LogP contribution in [0.3, 0.4) is 0 Å². The minimum atomic E-state index is -4.52. The first kappa shape index (κ1) is 24.3. The number of aliphatic hydroxyl groups excluding tert-OH is 1. The predicted molar refractivity (Wildman–Crippen MR) is 116 cm³/mol. The number of aromatic nitrogens is 5. The van der Waals surface area contributed by atoms with Gasteiger partial charge in [-0.1, -0.05) is 0 Å². The number of hydrogen-bond donors (Lipinski definition) is 1. The summed E-state index contributed by atoms with van der Waals surface area (Å²) in [4.78, 5) is 19.0. The number of anilines is 1. The Balaban J connectivity index is 1.62. The van der Waals surface area contributed by atoms with Crippen molar-refractivity contribution < 1.29 is 27.4 Å². The summed E-state index contributed by atoms with van der Waals surface area (Å²) < 4.78 is 61.0. The van der Waals surface area contributed by atoms with Gasteiger partial charge in [0, 0.05) is 32.0 Å². The fourth-order valence-corrected chi connectivity index (χ4v) is 4.16. The third kappa shape index (κ3) is 4.83. The van der Waals surface area contributed by atoms with E-state index in [1.807, 2.05) is 0 Å². The van der Waals surface area contributed by atoms with Crippen LogP contribution in [0.4, 0.5) is 23.5 Å². The van der Waals surface area contributed by atoms with E-state index in [9.17, 15) is 22.7 Å². The third-order valence-corrected chi connectivity index (χ3v) is 6.02. The molecule has 0 bridgehead atoms. The molecule has 3 aromatic rings. The highest BCUT2D eigenvalue weighted by molar-refractivity contribution is 5.76. The summed E-state index contributed by atoms with van der Waals surface area (Å²) in [6.07, 6.45) is -3.63. The van der Waals surface area contributed by atoms with Crippen LogP contribution >= 0.6 is 0 Å². The molecule has 34 heavy (non-hydrogen) atoms. The highest BCUT2D eigenvalue weighted by atomic mass is 19.4. The first-order chi connectivity index (χ1) is 16.1. The van der Waals surface area contributed by atoms with Crippen molar-refractivity contribution in [3.05, 3.63) is 41.7 Å². The van der Waals surface area contributed by atoms with E-state index in [-0.39, 0.29) is 29.8 Å². The van der Waals surface area contributed by atoms with Crippen molar-refractivity contribution >= 4 is 17.0 Å². The Morgan fingerprint density at radius 2 is 1.97 bits per heavy atom. The molecule has 0 saturated carbocycles. The lowest BCUT2D eigenvalue weighted by molar-refractivity contribution is -0.163. The number of aliphatic hydroxyl groups is 1. The van der Waals surface area contributed by atoms with Crippen molar-refractivity contribution in [2.75, 3.05) is 25.1 Å². The Bertz CT molecular complexity index is 1150. The van der Waals surface area contributed by atoms with Gasteiger partial charge in [-0.25, -0.2) is 19.3 Å². The van der Waals surface area contributed by atoms with E-state index in [1.165, 1.54) is 26.3 Å². The van der Waals surface area contributed by atoms with Crippen LogP contribution in [-0.2, 0) is 11.2 Å². The Hall–Kier alpha value is -2.86. The first-order valence-corrected chi connectivity index (χ1v) is 10.9. The number of hydrogen-bond acceptors (Lipinski definition) is 7. The molecule has 1 aliphatic heterocycles. The molecule has 4 heterocycles. The van der Waals surface area contributed by atoms with Gasteiger partial charge in [0.2, 0.25) is 5.95 Å². The number of fused-ring (bicyclic) bond motifs is 1. The van der Waals surface area contributed by atoms with E-state index in [0.717, 1.165) is 11.5 Å². The van der Waals surface area contributed by atoms with Gasteiger partial charge in [-0.2, -0.15) is 13.2 Å². The number of imidazole rings is 1. The number of pyridine rings is 1. The van der Waals surface area contributed by atoms with Crippen LogP contribution in [0.2, 0.25) is 0 Å². The molecular weight excluding hydrogens is 456 g/mol. The van der Waals surface area contributed by atoms with Gasteiger partial charge >= 0.3 is 6.18 Å². The molecule has 0 unspecified atom stereocenters. The maximum absolute atomic E-state index is 14.3. The average Bonchev–Trinajstić information content (AvgIpc) is 3.17. The van der Waals surface area contributed by atoms with Gasteiger partial charge in [-0.3, -0.25) is 4.98 Å². The maximum Gasteiger partial charge on any atom is 0.408 e. The molecule has 0 spiro atoms. The van der Waals surface area contributed by atoms with Crippen LogP contribution in [0.25, 0.3) is 11.0 Å². The number of piperidine rings is 1. The second kappa shape index (κ2) is 9.41. The molecule has 12 heteroatoms. The minimum absolute atomic E-state index is 0.0802. The van der Waals surface area contributed by atoms with E-state index < -0.39 is 30.6 Å². The Morgan fingerprint density at radius 1 is 1.21 bits per heavy atom. The van der Waals surface area contributed by atoms with Gasteiger partial charge in [0.05, 0.1) is 30.1 Å². The van der Waals surface area contributed by atoms with E-state index in [2.05, 4.69) is 19.9 Å². The number of nitrogens with zero attached hydrogens (tertiary/aromatic N) is 6. The molecule has 8 nitrogen and oxygen atoms in total. The van der Waals surface area contributed by atoms with Crippen LogP contribution in [0, 0.1) is 0 Å². The molecule has 1 aliphatic rings. The van der Waals surface area contributed by atoms with Crippen LogP contribution in [0.15, 0.2) is 24.5 Å². The number of halogens is 4. The highest BCUT2D eigenvalue weighted by Crippen LogP contribution is 2.35. The smallest absolute Gasteiger partial charge is 0.385 e. The monoisotopic (exact) mass is 482 g/mol. The van der Waals surface area contributed by atoms with E-state index >= 15 is 0 Å². The third-order valence-electron chi connectivity index (χ3n) is 6.02. The molecule has 1 fully saturated rings. The minimum Gasteiger partial charge on any atom is -0.385 e. The SMILES string of the molecule is CO[C@H]1CCN(c2nccc(Cc3cc4c(cn3)nc([C@@H](C)O)n4[C@@H](C)C(F)(F)F)n2)C[C@H]1F. The summed E-state index contributed by atoms with van der Waals surface area (Å²) in [5.41, 5.74) is 1.55. The topological polar surface area (TPSA) is 89.2 Å². The second-order valence-corrected chi connectivity index (χ2v) is 8.45. The Labute approximate surface area is 193 Å². The summed E-state index contributed by atoms with van der Waals surface area (Å²) in [5, 5.41) is 10.0. The van der Waals surface area contributed by atoms with Crippen LogP contribution < -0.4 is 4.90 Å². The molecular formula is C22H26F4N6O2. The van der Waals surface area contributed by atoms with Crippen molar-refractivity contribution in [3.63, 3.8) is 0 Å². The number of methoxy groups -OCH3 is 1. The first-order valence-electron chi connectivity index (χ1n) is 10.9. The van der Waals surface area contributed by atoms with E-state index in [1.54, 1.807) is 17.2 Å². The quantitative estimate of drug-likeness (QED) is 0.538. The van der Waals surface area contributed by atoms with Crippen LogP contribution in [-0.4, -0.2) is 68.3 Å². The van der Waals surface area contributed by atoms with Gasteiger partial charge in [0.15, 0.2) is 0 Å². The molecule has 0 radical (unpaired) electrons. The molecule has 0 aliphatic carbocycles. The van der Waals surface area contributed by atoms with Crippen molar-refractivity contribution in [1.82, 2.24) is 24.5 Å². The number of ether oxygens (including phenoxy) is 1. The van der Waals surface area contributed by atoms with Crippen molar-refractivity contribution in [1.29, 1.82) is 0 Å². The molecule has 1 N–H and O–H groups in total. The zero-order chi connectivity index (χ0) is 24.6. The largest absolute Gasteiger partial charge is 0.408 e. The molecule has 0 amide bonds. The van der Waals surface area contributed by atoms with Gasteiger partial charge in [-0.05, 0) is 32.4 Å². The molecule has 4 rings (SSSR count). The summed E-state index contributed by atoms with van der Waals surface area (Å²) in [6, 6.07) is 1.33. The lowest BCUT2D eigenvalue weighted by Gasteiger charge is -2.33. The normalized spacial score (nSPS) is 21.1. The zero-order valence-corrected chi connectivity index (χ0v) is 19.0. The van der Waals surface area contributed by atoms with Crippen molar-refractivity contribution in [2.45, 2.75) is 57.3 Å². The fraction of sp³-hybridized carbons (Fsp3) is 0.545. The van der Waals surface area contributed by atoms with Gasteiger partial charge < -0.3 is 19.3 Å². The second-order valence-electron chi connectivity index (χ2n) is 8.45. The Morgan fingerprint density at radius 3 is 2.62 bits per heavy atom. The summed E-state index contributed by atoms with van der Waals surface area (Å²) in [6.45, 7) is 3.05. The molecule has 4 atom stereocenters. The highest BCUT2D eigenvalue weighted by Gasteiger charge is 2.40. The molecule has 0 aromatic carbocycles. The number of rotatable bonds is 6. The van der Waals surface area contributed by atoms with Crippen LogP contribution in [0.1, 0.15) is 49.6 Å². The Kier molecular flexibility index (Phi) is 6.72. The summed E-state index contributed by atoms with van der Waals surface area (Å²) in [7, 11) is 1.49. The molecule has 3 aromatic heterocycles. The van der Waals surface area contributed by atoms with E-state index in [0.29, 0.717) is 30.3 Å². The van der Waals surface area contributed by atoms with Crippen molar-refractivity contribution in [3.8, 4) is 0 Å². The lowest BCUT2D eigenvalue weighted by atomic mass is 10.1. The van der Waals surface area contributed by atoms with Gasteiger partial charge in [0.1, 0.15) is 29.7 Å². The standard InChI is InChI=1S/C22H26F4N6O2/c1-12(33)20-30-17-10-28-15(9-18(17)32(20)13(2)22(24,25)26)8-14-4-6-27-21(29-14)31-7-5-19(34-3)16(23)11-31/h4,6,9-10,12-13,16,19,33H,5,7-8,11H2,1-3H3/t12-,13+,16-,19+/m1/s1. The zero-order valence-electron chi connectivity index (χ0n) is 19.0. The van der Waals surface area contributed by atoms with Gasteiger partial charge in [0.25, 0.3) is 0 Å².